The van der Waals surface area contributed by atoms with Gasteiger partial charge in [-0.2, -0.15) is 0 Å². The van der Waals surface area contributed by atoms with E-state index in [1.54, 1.807) is 0 Å². The number of pyridine rings is 1. The van der Waals surface area contributed by atoms with Crippen molar-refractivity contribution in [2.45, 2.75) is 64.5 Å². The molecule has 0 amide bonds. The summed E-state index contributed by atoms with van der Waals surface area (Å²) in [5.41, 5.74) is 8.10. The molecule has 0 saturated heterocycles. The Morgan fingerprint density at radius 1 is 1.39 bits per heavy atom. The number of ether oxygens (including phenoxy) is 1. The molecule has 0 aromatic carbocycles. The molecule has 1 fully saturated rings. The Bertz CT molecular complexity index is 386. The fraction of sp³-hybridized carbons (Fsp3) is 0.667. The molecular formula is C15H24N2O. The van der Waals surface area contributed by atoms with E-state index in [4.69, 9.17) is 10.5 Å². The number of rotatable bonds is 5. The van der Waals surface area contributed by atoms with Crippen molar-refractivity contribution in [1.29, 1.82) is 0 Å². The van der Waals surface area contributed by atoms with E-state index in [-0.39, 0.29) is 6.04 Å². The van der Waals surface area contributed by atoms with Gasteiger partial charge in [0, 0.05) is 18.2 Å². The van der Waals surface area contributed by atoms with Crippen molar-refractivity contribution >= 4 is 0 Å². The Morgan fingerprint density at radius 2 is 2.11 bits per heavy atom. The molecule has 3 nitrogen and oxygen atoms in total. The van der Waals surface area contributed by atoms with Gasteiger partial charge in [-0.05, 0) is 51.2 Å². The van der Waals surface area contributed by atoms with Crippen LogP contribution in [-0.2, 0) is 6.42 Å². The predicted octanol–water partition coefficient (Wildman–Crippen LogP) is 2.99. The van der Waals surface area contributed by atoms with E-state index in [1.165, 1.54) is 25.7 Å². The van der Waals surface area contributed by atoms with Crippen LogP contribution in [0.5, 0.6) is 5.75 Å². The van der Waals surface area contributed by atoms with Crippen molar-refractivity contribution in [3.63, 3.8) is 0 Å². The summed E-state index contributed by atoms with van der Waals surface area (Å²) in [6, 6.07) is 4.24. The molecule has 18 heavy (non-hydrogen) atoms. The highest BCUT2D eigenvalue weighted by molar-refractivity contribution is 5.30. The van der Waals surface area contributed by atoms with Crippen LogP contribution in [-0.4, -0.2) is 17.1 Å². The van der Waals surface area contributed by atoms with Gasteiger partial charge in [-0.3, -0.25) is 4.98 Å². The van der Waals surface area contributed by atoms with Gasteiger partial charge in [0.1, 0.15) is 5.75 Å². The van der Waals surface area contributed by atoms with Crippen molar-refractivity contribution in [1.82, 2.24) is 4.98 Å². The first-order chi connectivity index (χ1) is 8.69. The molecule has 1 heterocycles. The molecule has 0 bridgehead atoms. The van der Waals surface area contributed by atoms with Gasteiger partial charge < -0.3 is 10.5 Å². The maximum atomic E-state index is 6.09. The highest BCUT2D eigenvalue weighted by atomic mass is 16.5. The third-order valence-electron chi connectivity index (χ3n) is 3.65. The van der Waals surface area contributed by atoms with Gasteiger partial charge in [-0.1, -0.05) is 6.92 Å². The molecule has 2 N–H and O–H groups in total. The van der Waals surface area contributed by atoms with Gasteiger partial charge >= 0.3 is 0 Å². The van der Waals surface area contributed by atoms with E-state index in [0.717, 1.165) is 30.0 Å². The smallest absolute Gasteiger partial charge is 0.141 e. The Hall–Kier alpha value is -1.09. The first-order valence-electron chi connectivity index (χ1n) is 7.07. The average Bonchev–Trinajstić information content (AvgIpc) is 2.85. The van der Waals surface area contributed by atoms with Crippen LogP contribution < -0.4 is 10.5 Å². The SMILES string of the molecule is CCC(N)Cc1nc(C)ccc1OC1CCCC1. The molecule has 1 saturated carbocycles. The minimum absolute atomic E-state index is 0.172. The largest absolute Gasteiger partial charge is 0.489 e. The van der Waals surface area contributed by atoms with E-state index in [0.29, 0.717) is 6.10 Å². The lowest BCUT2D eigenvalue weighted by atomic mass is 10.1. The van der Waals surface area contributed by atoms with Crippen LogP contribution in [0.1, 0.15) is 50.4 Å². The Balaban J connectivity index is 2.11. The maximum absolute atomic E-state index is 6.09. The molecule has 1 aliphatic carbocycles. The van der Waals surface area contributed by atoms with Gasteiger partial charge in [-0.25, -0.2) is 0 Å². The molecule has 1 unspecified atom stereocenters. The van der Waals surface area contributed by atoms with Gasteiger partial charge in [0.2, 0.25) is 0 Å². The third-order valence-corrected chi connectivity index (χ3v) is 3.65. The Labute approximate surface area is 110 Å². The second-order valence-electron chi connectivity index (χ2n) is 5.29. The van der Waals surface area contributed by atoms with E-state index >= 15 is 0 Å². The monoisotopic (exact) mass is 248 g/mol. The number of nitrogens with two attached hydrogens (primary N) is 1. The summed E-state index contributed by atoms with van der Waals surface area (Å²) in [5, 5.41) is 0. The lowest BCUT2D eigenvalue weighted by Gasteiger charge is -2.18. The number of nitrogens with zero attached hydrogens (tertiary/aromatic N) is 1. The summed E-state index contributed by atoms with van der Waals surface area (Å²) in [6.07, 6.45) is 7.08. The van der Waals surface area contributed by atoms with E-state index in [2.05, 4.69) is 18.0 Å². The first-order valence-corrected chi connectivity index (χ1v) is 7.07. The zero-order valence-electron chi connectivity index (χ0n) is 11.5. The van der Waals surface area contributed by atoms with Crippen LogP contribution in [0.15, 0.2) is 12.1 Å². The molecule has 1 atom stereocenters. The molecule has 0 spiro atoms. The van der Waals surface area contributed by atoms with Crippen molar-refractivity contribution in [2.24, 2.45) is 5.73 Å². The second-order valence-corrected chi connectivity index (χ2v) is 5.29. The van der Waals surface area contributed by atoms with Gasteiger partial charge in [0.15, 0.2) is 0 Å². The zero-order chi connectivity index (χ0) is 13.0. The topological polar surface area (TPSA) is 48.1 Å². The van der Waals surface area contributed by atoms with Crippen molar-refractivity contribution in [3.8, 4) is 5.75 Å². The standard InChI is InChI=1S/C15H24N2O/c1-3-12(16)10-14-15(9-8-11(2)17-14)18-13-6-4-5-7-13/h8-9,12-13H,3-7,10,16H2,1-2H3. The van der Waals surface area contributed by atoms with Gasteiger partial charge in [-0.15, -0.1) is 0 Å². The van der Waals surface area contributed by atoms with Crippen LogP contribution in [0.4, 0.5) is 0 Å². The van der Waals surface area contributed by atoms with Crippen molar-refractivity contribution in [2.75, 3.05) is 0 Å². The van der Waals surface area contributed by atoms with Gasteiger partial charge in [0.05, 0.1) is 11.8 Å². The predicted molar refractivity (Wildman–Crippen MR) is 73.8 cm³/mol. The van der Waals surface area contributed by atoms with Crippen molar-refractivity contribution in [3.05, 3.63) is 23.5 Å². The minimum Gasteiger partial charge on any atom is -0.489 e. The number of hydrogen-bond acceptors (Lipinski definition) is 3. The first kappa shape index (κ1) is 13.3. The average molecular weight is 248 g/mol. The van der Waals surface area contributed by atoms with Crippen LogP contribution in [0, 0.1) is 6.92 Å². The lowest BCUT2D eigenvalue weighted by Crippen LogP contribution is -2.23. The molecule has 2 rings (SSSR count). The van der Waals surface area contributed by atoms with Crippen LogP contribution in [0.25, 0.3) is 0 Å². The molecule has 1 aromatic heterocycles. The zero-order valence-corrected chi connectivity index (χ0v) is 11.5. The fourth-order valence-electron chi connectivity index (χ4n) is 2.43. The Kier molecular flexibility index (Phi) is 4.59. The fourth-order valence-corrected chi connectivity index (χ4v) is 2.43. The molecule has 1 aromatic rings. The molecule has 3 heteroatoms. The van der Waals surface area contributed by atoms with Gasteiger partial charge in [0.25, 0.3) is 0 Å². The van der Waals surface area contributed by atoms with Crippen LogP contribution >= 0.6 is 0 Å². The van der Waals surface area contributed by atoms with Crippen LogP contribution in [0.2, 0.25) is 0 Å². The minimum atomic E-state index is 0.172. The number of aryl methyl sites for hydroxylation is 1. The van der Waals surface area contributed by atoms with Crippen LogP contribution in [0.3, 0.4) is 0 Å². The molecular weight excluding hydrogens is 224 g/mol. The Morgan fingerprint density at radius 3 is 2.78 bits per heavy atom. The summed E-state index contributed by atoms with van der Waals surface area (Å²) in [6.45, 7) is 4.12. The normalized spacial score (nSPS) is 17.9. The molecule has 0 aliphatic heterocycles. The highest BCUT2D eigenvalue weighted by Crippen LogP contribution is 2.26. The summed E-state index contributed by atoms with van der Waals surface area (Å²) in [4.78, 5) is 4.60. The molecule has 0 radical (unpaired) electrons. The summed E-state index contributed by atoms with van der Waals surface area (Å²) < 4.78 is 6.09. The highest BCUT2D eigenvalue weighted by Gasteiger charge is 2.19. The number of hydrogen-bond donors (Lipinski definition) is 1. The summed E-state index contributed by atoms with van der Waals surface area (Å²) >= 11 is 0. The molecule has 100 valence electrons. The maximum Gasteiger partial charge on any atom is 0.141 e. The summed E-state index contributed by atoms with van der Waals surface area (Å²) in [7, 11) is 0. The van der Waals surface area contributed by atoms with E-state index in [1.807, 2.05) is 13.0 Å². The third kappa shape index (κ3) is 3.45. The van der Waals surface area contributed by atoms with E-state index in [9.17, 15) is 0 Å². The van der Waals surface area contributed by atoms with Crippen molar-refractivity contribution < 1.29 is 4.74 Å². The summed E-state index contributed by atoms with van der Waals surface area (Å²) in [5.74, 6) is 0.941. The lowest BCUT2D eigenvalue weighted by molar-refractivity contribution is 0.206. The quantitative estimate of drug-likeness (QED) is 0.871. The van der Waals surface area contributed by atoms with E-state index < -0.39 is 0 Å². The second kappa shape index (κ2) is 6.19. The number of aromatic nitrogens is 1. The molecule has 1 aliphatic rings.